The Balaban J connectivity index is 2.06. The highest BCUT2D eigenvalue weighted by Gasteiger charge is 2.09. The molecule has 0 bridgehead atoms. The highest BCUT2D eigenvalue weighted by atomic mass is 15.1. The second-order valence-electron chi connectivity index (χ2n) is 5.44. The second-order valence-corrected chi connectivity index (χ2v) is 5.44. The Kier molecular flexibility index (Phi) is 5.41. The number of H-pyrrole nitrogens is 1. The average Bonchev–Trinajstić information content (AvgIpc) is 2.83. The first kappa shape index (κ1) is 14.9. The van der Waals surface area contributed by atoms with Crippen molar-refractivity contribution in [3.8, 4) is 0 Å². The van der Waals surface area contributed by atoms with Gasteiger partial charge in [-0.05, 0) is 44.1 Å². The van der Waals surface area contributed by atoms with E-state index in [1.807, 2.05) is 18.2 Å². The van der Waals surface area contributed by atoms with Crippen molar-refractivity contribution in [2.45, 2.75) is 46.1 Å². The molecule has 0 spiro atoms. The zero-order chi connectivity index (χ0) is 14.4. The molecular formula is C16H26N4. The molecule has 2 aromatic rings. The summed E-state index contributed by atoms with van der Waals surface area (Å²) in [5, 5.41) is 0. The van der Waals surface area contributed by atoms with E-state index < -0.39 is 0 Å². The van der Waals surface area contributed by atoms with Crippen LogP contribution in [0.25, 0.3) is 11.0 Å². The first-order chi connectivity index (χ1) is 9.72. The van der Waals surface area contributed by atoms with Crippen LogP contribution in [0.2, 0.25) is 0 Å². The number of anilines is 1. The van der Waals surface area contributed by atoms with E-state index in [0.29, 0.717) is 0 Å². The molecule has 0 atom stereocenters. The number of nitrogens with zero attached hydrogens (tertiary/aromatic N) is 2. The van der Waals surface area contributed by atoms with Crippen molar-refractivity contribution in [2.75, 3.05) is 18.8 Å². The summed E-state index contributed by atoms with van der Waals surface area (Å²) >= 11 is 0. The van der Waals surface area contributed by atoms with E-state index >= 15 is 0 Å². The zero-order valence-electron chi connectivity index (χ0n) is 12.7. The number of fused-ring (bicyclic) bond motifs is 1. The number of nitrogens with one attached hydrogen (secondary N) is 1. The Hall–Kier alpha value is -1.55. The van der Waals surface area contributed by atoms with Gasteiger partial charge in [0.15, 0.2) is 0 Å². The number of benzene rings is 1. The van der Waals surface area contributed by atoms with Gasteiger partial charge in [-0.3, -0.25) is 4.90 Å². The van der Waals surface area contributed by atoms with Gasteiger partial charge in [-0.2, -0.15) is 0 Å². The van der Waals surface area contributed by atoms with E-state index in [0.717, 1.165) is 42.2 Å². The van der Waals surface area contributed by atoms with Gasteiger partial charge in [0.25, 0.3) is 0 Å². The minimum atomic E-state index is 0.779. The molecule has 0 unspecified atom stereocenters. The van der Waals surface area contributed by atoms with E-state index in [-0.39, 0.29) is 0 Å². The molecule has 1 aromatic heterocycles. The third-order valence-corrected chi connectivity index (χ3v) is 3.58. The smallest absolute Gasteiger partial charge is 0.121 e. The number of aromatic amines is 1. The Morgan fingerprint density at radius 3 is 2.50 bits per heavy atom. The lowest BCUT2D eigenvalue weighted by molar-refractivity contribution is 0.252. The number of imidazole rings is 1. The summed E-state index contributed by atoms with van der Waals surface area (Å²) in [6.07, 6.45) is 4.96. The lowest BCUT2D eigenvalue weighted by atomic mass is 10.2. The van der Waals surface area contributed by atoms with E-state index in [1.165, 1.54) is 25.7 Å². The van der Waals surface area contributed by atoms with Gasteiger partial charge in [-0.15, -0.1) is 0 Å². The lowest BCUT2D eigenvalue weighted by Gasteiger charge is -2.20. The second kappa shape index (κ2) is 7.29. The lowest BCUT2D eigenvalue weighted by Crippen LogP contribution is -2.26. The van der Waals surface area contributed by atoms with E-state index in [4.69, 9.17) is 5.73 Å². The summed E-state index contributed by atoms with van der Waals surface area (Å²) in [4.78, 5) is 10.5. The van der Waals surface area contributed by atoms with Crippen molar-refractivity contribution >= 4 is 16.7 Å². The molecule has 1 aromatic carbocycles. The molecule has 0 aliphatic rings. The third-order valence-electron chi connectivity index (χ3n) is 3.58. The number of unbranched alkanes of at least 4 members (excludes halogenated alkanes) is 2. The van der Waals surface area contributed by atoms with Gasteiger partial charge in [0, 0.05) is 5.69 Å². The molecular weight excluding hydrogens is 248 g/mol. The quantitative estimate of drug-likeness (QED) is 0.724. The van der Waals surface area contributed by atoms with Crippen LogP contribution in [-0.4, -0.2) is 28.0 Å². The molecule has 0 fully saturated rings. The molecule has 0 saturated carbocycles. The largest absolute Gasteiger partial charge is 0.399 e. The standard InChI is InChI=1S/C16H26N4/c1-3-5-9-20(10-6-4-2)12-16-18-14-8-7-13(17)11-15(14)19-16/h7-8,11H,3-6,9-10,12,17H2,1-2H3,(H,18,19). The summed E-state index contributed by atoms with van der Waals surface area (Å²) in [7, 11) is 0. The SMILES string of the molecule is CCCCN(CCCC)Cc1nc2ccc(N)cc2[nH]1. The summed E-state index contributed by atoms with van der Waals surface area (Å²) < 4.78 is 0. The molecule has 0 radical (unpaired) electrons. The topological polar surface area (TPSA) is 57.9 Å². The fourth-order valence-electron chi connectivity index (χ4n) is 2.40. The maximum absolute atomic E-state index is 5.81. The van der Waals surface area contributed by atoms with Gasteiger partial charge in [-0.25, -0.2) is 4.98 Å². The van der Waals surface area contributed by atoms with Gasteiger partial charge in [0.1, 0.15) is 5.82 Å². The van der Waals surface area contributed by atoms with Crippen LogP contribution in [0.15, 0.2) is 18.2 Å². The summed E-state index contributed by atoms with van der Waals surface area (Å²) in [5.41, 5.74) is 8.62. The van der Waals surface area contributed by atoms with Crippen LogP contribution in [0.4, 0.5) is 5.69 Å². The maximum Gasteiger partial charge on any atom is 0.121 e. The minimum absolute atomic E-state index is 0.779. The zero-order valence-corrected chi connectivity index (χ0v) is 12.7. The molecule has 20 heavy (non-hydrogen) atoms. The summed E-state index contributed by atoms with van der Waals surface area (Å²) in [5.74, 6) is 1.04. The fourth-order valence-corrected chi connectivity index (χ4v) is 2.40. The summed E-state index contributed by atoms with van der Waals surface area (Å²) in [6, 6.07) is 5.83. The fraction of sp³-hybridized carbons (Fsp3) is 0.562. The van der Waals surface area contributed by atoms with Gasteiger partial charge in [0.05, 0.1) is 17.6 Å². The Labute approximate surface area is 121 Å². The van der Waals surface area contributed by atoms with Crippen molar-refractivity contribution in [3.63, 3.8) is 0 Å². The first-order valence-electron chi connectivity index (χ1n) is 7.69. The molecule has 4 nitrogen and oxygen atoms in total. The number of aromatic nitrogens is 2. The first-order valence-corrected chi connectivity index (χ1v) is 7.69. The van der Waals surface area contributed by atoms with E-state index in [1.54, 1.807) is 0 Å². The predicted octanol–water partition coefficient (Wildman–Crippen LogP) is 3.55. The molecule has 0 aliphatic heterocycles. The Bertz CT molecular complexity index is 524. The molecule has 0 amide bonds. The summed E-state index contributed by atoms with van der Waals surface area (Å²) in [6.45, 7) is 7.67. The molecule has 110 valence electrons. The van der Waals surface area contributed by atoms with Crippen molar-refractivity contribution in [2.24, 2.45) is 0 Å². The molecule has 1 heterocycles. The van der Waals surface area contributed by atoms with Crippen molar-refractivity contribution < 1.29 is 0 Å². The van der Waals surface area contributed by atoms with Crippen LogP contribution in [0, 0.1) is 0 Å². The van der Waals surface area contributed by atoms with E-state index in [2.05, 4.69) is 28.7 Å². The van der Waals surface area contributed by atoms with Crippen LogP contribution >= 0.6 is 0 Å². The van der Waals surface area contributed by atoms with Crippen molar-refractivity contribution in [1.82, 2.24) is 14.9 Å². The van der Waals surface area contributed by atoms with Crippen molar-refractivity contribution in [1.29, 1.82) is 0 Å². The highest BCUT2D eigenvalue weighted by molar-refractivity contribution is 5.78. The molecule has 0 saturated heterocycles. The maximum atomic E-state index is 5.81. The van der Waals surface area contributed by atoms with Crippen LogP contribution in [0.1, 0.15) is 45.4 Å². The number of rotatable bonds is 8. The van der Waals surface area contributed by atoms with Crippen molar-refractivity contribution in [3.05, 3.63) is 24.0 Å². The average molecular weight is 274 g/mol. The van der Waals surface area contributed by atoms with Crippen LogP contribution in [0.3, 0.4) is 0 Å². The third kappa shape index (κ3) is 3.97. The Morgan fingerprint density at radius 1 is 1.15 bits per heavy atom. The highest BCUT2D eigenvalue weighted by Crippen LogP contribution is 2.16. The number of hydrogen-bond donors (Lipinski definition) is 2. The van der Waals surface area contributed by atoms with Crippen LogP contribution in [0.5, 0.6) is 0 Å². The molecule has 4 heteroatoms. The molecule has 2 rings (SSSR count). The number of hydrogen-bond acceptors (Lipinski definition) is 3. The van der Waals surface area contributed by atoms with Crippen LogP contribution in [-0.2, 0) is 6.54 Å². The number of nitrogen functional groups attached to an aromatic ring is 1. The normalized spacial score (nSPS) is 11.6. The molecule has 3 N–H and O–H groups in total. The number of nitrogens with two attached hydrogens (primary N) is 1. The monoisotopic (exact) mass is 274 g/mol. The van der Waals surface area contributed by atoms with Gasteiger partial charge in [0.2, 0.25) is 0 Å². The van der Waals surface area contributed by atoms with Gasteiger partial charge >= 0.3 is 0 Å². The minimum Gasteiger partial charge on any atom is -0.399 e. The van der Waals surface area contributed by atoms with Gasteiger partial charge in [-0.1, -0.05) is 26.7 Å². The van der Waals surface area contributed by atoms with E-state index in [9.17, 15) is 0 Å². The predicted molar refractivity (Wildman–Crippen MR) is 85.6 cm³/mol. The van der Waals surface area contributed by atoms with Crippen LogP contribution < -0.4 is 5.73 Å². The Morgan fingerprint density at radius 2 is 1.85 bits per heavy atom. The van der Waals surface area contributed by atoms with Gasteiger partial charge < -0.3 is 10.7 Å². The molecule has 0 aliphatic carbocycles.